The van der Waals surface area contributed by atoms with Crippen molar-refractivity contribution in [2.24, 2.45) is 0 Å². The molecule has 82 valence electrons. The summed E-state index contributed by atoms with van der Waals surface area (Å²) < 4.78 is 0. The van der Waals surface area contributed by atoms with Crippen molar-refractivity contribution in [3.63, 3.8) is 0 Å². The highest BCUT2D eigenvalue weighted by molar-refractivity contribution is 7.13. The minimum atomic E-state index is 1.27. The zero-order valence-electron chi connectivity index (χ0n) is 9.34. The molecule has 2 aromatic carbocycles. The van der Waals surface area contributed by atoms with Crippen LogP contribution in [0.1, 0.15) is 0 Å². The first kappa shape index (κ1) is 10.3. The first-order valence-electron chi connectivity index (χ1n) is 5.63. The molecule has 17 heavy (non-hydrogen) atoms. The third-order valence-corrected chi connectivity index (χ3v) is 3.69. The molecule has 0 bridgehead atoms. The van der Waals surface area contributed by atoms with Crippen molar-refractivity contribution in [3.05, 3.63) is 72.1 Å². The molecule has 0 radical (unpaired) electrons. The zero-order chi connectivity index (χ0) is 11.5. The Hall–Kier alpha value is -1.86. The summed E-state index contributed by atoms with van der Waals surface area (Å²) >= 11 is 1.78. The summed E-state index contributed by atoms with van der Waals surface area (Å²) in [6.45, 7) is 0. The van der Waals surface area contributed by atoms with Gasteiger partial charge in [0.2, 0.25) is 0 Å². The average Bonchev–Trinajstić information content (AvgIpc) is 2.94. The highest BCUT2D eigenvalue weighted by atomic mass is 32.1. The minimum absolute atomic E-state index is 1.27. The van der Waals surface area contributed by atoms with Crippen LogP contribution in [0.15, 0.2) is 72.1 Å². The van der Waals surface area contributed by atoms with E-state index in [1.54, 1.807) is 11.3 Å². The number of hydrogen-bond donors (Lipinski definition) is 0. The second-order valence-electron chi connectivity index (χ2n) is 3.92. The Morgan fingerprint density at radius 1 is 0.588 bits per heavy atom. The van der Waals surface area contributed by atoms with Crippen molar-refractivity contribution in [1.29, 1.82) is 0 Å². The van der Waals surface area contributed by atoms with Crippen molar-refractivity contribution >= 4 is 11.3 Å². The van der Waals surface area contributed by atoms with E-state index in [0.717, 1.165) is 0 Å². The largest absolute Gasteiger partial charge is 0.144 e. The lowest BCUT2D eigenvalue weighted by atomic mass is 10.0. The monoisotopic (exact) mass is 236 g/mol. The van der Waals surface area contributed by atoms with Gasteiger partial charge in [-0.2, -0.15) is 0 Å². The van der Waals surface area contributed by atoms with Crippen molar-refractivity contribution in [2.75, 3.05) is 0 Å². The van der Waals surface area contributed by atoms with Gasteiger partial charge < -0.3 is 0 Å². The molecule has 0 saturated heterocycles. The fourth-order valence-corrected chi connectivity index (χ4v) is 2.65. The lowest BCUT2D eigenvalue weighted by molar-refractivity contribution is 1.62. The Kier molecular flexibility index (Phi) is 2.76. The molecule has 0 saturated carbocycles. The van der Waals surface area contributed by atoms with E-state index < -0.39 is 0 Å². The maximum Gasteiger partial charge on any atom is 0.0342 e. The Morgan fingerprint density at radius 2 is 1.35 bits per heavy atom. The topological polar surface area (TPSA) is 0 Å². The Bertz CT molecular complexity index is 594. The maximum atomic E-state index is 2.25. The van der Waals surface area contributed by atoms with Gasteiger partial charge in [0.15, 0.2) is 0 Å². The predicted octanol–water partition coefficient (Wildman–Crippen LogP) is 5.08. The van der Waals surface area contributed by atoms with Gasteiger partial charge in [-0.1, -0.05) is 54.6 Å². The average molecular weight is 236 g/mol. The standard InChI is InChI=1S/C16H12S/c1-2-6-13(7-3-1)14-8-4-9-15(12-14)16-10-5-11-17-16/h1-12H. The van der Waals surface area contributed by atoms with E-state index >= 15 is 0 Å². The van der Waals surface area contributed by atoms with E-state index in [9.17, 15) is 0 Å². The number of benzene rings is 2. The van der Waals surface area contributed by atoms with Crippen LogP contribution < -0.4 is 0 Å². The molecule has 0 amide bonds. The second kappa shape index (κ2) is 4.56. The van der Waals surface area contributed by atoms with Gasteiger partial charge in [0, 0.05) is 4.88 Å². The van der Waals surface area contributed by atoms with E-state index in [0.29, 0.717) is 0 Å². The van der Waals surface area contributed by atoms with Crippen molar-refractivity contribution in [1.82, 2.24) is 0 Å². The summed E-state index contributed by atoms with van der Waals surface area (Å²) in [5.74, 6) is 0. The fourth-order valence-electron chi connectivity index (χ4n) is 1.93. The highest BCUT2D eigenvalue weighted by Crippen LogP contribution is 2.28. The van der Waals surface area contributed by atoms with Crippen LogP contribution in [0.3, 0.4) is 0 Å². The Labute approximate surface area is 105 Å². The molecular formula is C16H12S. The molecule has 1 heterocycles. The summed E-state index contributed by atoms with van der Waals surface area (Å²) in [5.41, 5.74) is 3.84. The van der Waals surface area contributed by atoms with E-state index in [1.807, 2.05) is 6.07 Å². The van der Waals surface area contributed by atoms with Crippen molar-refractivity contribution < 1.29 is 0 Å². The van der Waals surface area contributed by atoms with Crippen LogP contribution in [-0.4, -0.2) is 0 Å². The smallest absolute Gasteiger partial charge is 0.0342 e. The molecule has 1 aromatic heterocycles. The first-order valence-corrected chi connectivity index (χ1v) is 6.51. The molecule has 0 aliphatic carbocycles. The first-order chi connectivity index (χ1) is 8.43. The molecule has 0 spiro atoms. The van der Waals surface area contributed by atoms with Crippen molar-refractivity contribution in [2.45, 2.75) is 0 Å². The molecule has 0 N–H and O–H groups in total. The molecule has 0 atom stereocenters. The number of hydrogen-bond acceptors (Lipinski definition) is 1. The molecule has 3 aromatic rings. The fraction of sp³-hybridized carbons (Fsp3) is 0. The van der Waals surface area contributed by atoms with Crippen LogP contribution in [0, 0.1) is 0 Å². The van der Waals surface area contributed by atoms with Crippen LogP contribution in [0.2, 0.25) is 0 Å². The predicted molar refractivity (Wildman–Crippen MR) is 75.2 cm³/mol. The summed E-state index contributed by atoms with van der Waals surface area (Å²) in [6.07, 6.45) is 0. The van der Waals surface area contributed by atoms with Gasteiger partial charge in [-0.3, -0.25) is 0 Å². The van der Waals surface area contributed by atoms with Gasteiger partial charge in [-0.25, -0.2) is 0 Å². The minimum Gasteiger partial charge on any atom is -0.144 e. The second-order valence-corrected chi connectivity index (χ2v) is 4.87. The van der Waals surface area contributed by atoms with E-state index in [1.165, 1.54) is 21.6 Å². The molecule has 3 rings (SSSR count). The van der Waals surface area contributed by atoms with Gasteiger partial charge >= 0.3 is 0 Å². The molecule has 0 aliphatic heterocycles. The highest BCUT2D eigenvalue weighted by Gasteiger charge is 2.01. The van der Waals surface area contributed by atoms with E-state index in [2.05, 4.69) is 66.0 Å². The molecule has 0 fully saturated rings. The summed E-state index contributed by atoms with van der Waals surface area (Å²) in [7, 11) is 0. The van der Waals surface area contributed by atoms with E-state index in [4.69, 9.17) is 0 Å². The van der Waals surface area contributed by atoms with Gasteiger partial charge in [0.1, 0.15) is 0 Å². The Morgan fingerprint density at radius 3 is 2.12 bits per heavy atom. The van der Waals surface area contributed by atoms with Crippen LogP contribution in [0.4, 0.5) is 0 Å². The van der Waals surface area contributed by atoms with Gasteiger partial charge in [0.25, 0.3) is 0 Å². The van der Waals surface area contributed by atoms with Gasteiger partial charge in [-0.05, 0) is 34.2 Å². The van der Waals surface area contributed by atoms with Crippen molar-refractivity contribution in [3.8, 4) is 21.6 Å². The third kappa shape index (κ3) is 2.15. The van der Waals surface area contributed by atoms with Gasteiger partial charge in [-0.15, -0.1) is 11.3 Å². The SMILES string of the molecule is c1ccc(-c2cccc(-c3cccs3)c2)cc1. The number of thiophene rings is 1. The molecular weight excluding hydrogens is 224 g/mol. The van der Waals surface area contributed by atoms with Crippen LogP contribution in [0.25, 0.3) is 21.6 Å². The summed E-state index contributed by atoms with van der Waals surface area (Å²) in [5, 5.41) is 2.12. The molecule has 0 nitrogen and oxygen atoms in total. The zero-order valence-corrected chi connectivity index (χ0v) is 10.2. The molecule has 0 aliphatic rings. The third-order valence-electron chi connectivity index (χ3n) is 2.78. The summed E-state index contributed by atoms with van der Waals surface area (Å²) in [4.78, 5) is 1.32. The van der Waals surface area contributed by atoms with E-state index in [-0.39, 0.29) is 0 Å². The van der Waals surface area contributed by atoms with Crippen LogP contribution in [-0.2, 0) is 0 Å². The Balaban J connectivity index is 2.06. The van der Waals surface area contributed by atoms with Gasteiger partial charge in [0.05, 0.1) is 0 Å². The quantitative estimate of drug-likeness (QED) is 0.582. The lowest BCUT2D eigenvalue weighted by Crippen LogP contribution is -1.78. The number of rotatable bonds is 2. The van der Waals surface area contributed by atoms with Crippen LogP contribution in [0.5, 0.6) is 0 Å². The lowest BCUT2D eigenvalue weighted by Gasteiger charge is -2.03. The normalized spacial score (nSPS) is 10.4. The van der Waals surface area contributed by atoms with Crippen LogP contribution >= 0.6 is 11.3 Å². The molecule has 0 unspecified atom stereocenters. The molecule has 1 heteroatoms. The maximum absolute atomic E-state index is 2.25. The summed E-state index contributed by atoms with van der Waals surface area (Å²) in [6, 6.07) is 23.4.